The summed E-state index contributed by atoms with van der Waals surface area (Å²) >= 11 is 0. The monoisotopic (exact) mass is 206 g/mol. The van der Waals surface area contributed by atoms with E-state index in [4.69, 9.17) is 16.0 Å². The van der Waals surface area contributed by atoms with Crippen LogP contribution in [0.15, 0.2) is 33.5 Å². The molecule has 0 aliphatic carbocycles. The Labute approximate surface area is 85.2 Å². The molecule has 0 amide bonds. The molecule has 5 nitrogen and oxygen atoms in total. The van der Waals surface area contributed by atoms with Crippen molar-refractivity contribution in [1.82, 2.24) is 0 Å². The van der Waals surface area contributed by atoms with Crippen molar-refractivity contribution < 1.29 is 9.25 Å². The van der Waals surface area contributed by atoms with E-state index in [0.29, 0.717) is 11.3 Å². The molecule has 2 rings (SSSR count). The molecule has 0 aliphatic rings. The first kappa shape index (κ1) is 9.70. The summed E-state index contributed by atoms with van der Waals surface area (Å²) in [6, 6.07) is 6.37. The number of rotatable bonds is 2. The Bertz CT molecular complexity index is 548. The Morgan fingerprint density at radius 3 is 2.80 bits per heavy atom. The highest BCUT2D eigenvalue weighted by Gasteiger charge is 2.05. The van der Waals surface area contributed by atoms with Crippen LogP contribution in [0.25, 0.3) is 11.0 Å². The Balaban J connectivity index is 2.78. The van der Waals surface area contributed by atoms with Crippen LogP contribution in [0, 0.1) is 0 Å². The normalized spacial score (nSPS) is 10.5. The Morgan fingerprint density at radius 1 is 1.33 bits per heavy atom. The van der Waals surface area contributed by atoms with Crippen molar-refractivity contribution in [1.29, 1.82) is 0 Å². The predicted molar refractivity (Wildman–Crippen MR) is 55.2 cm³/mol. The van der Waals surface area contributed by atoms with Gasteiger partial charge in [-0.3, -0.25) is 0 Å². The third-order valence-electron chi connectivity index (χ3n) is 2.16. The molecule has 15 heavy (non-hydrogen) atoms. The van der Waals surface area contributed by atoms with Gasteiger partial charge in [-0.25, -0.2) is 4.79 Å². The van der Waals surface area contributed by atoms with Crippen LogP contribution in [0.2, 0.25) is 0 Å². The molecule has 0 unspecified atom stereocenters. The van der Waals surface area contributed by atoms with E-state index in [1.165, 1.54) is 6.07 Å². The van der Waals surface area contributed by atoms with Crippen LogP contribution in [-0.2, 0) is 6.54 Å². The maximum absolute atomic E-state index is 11.2. The van der Waals surface area contributed by atoms with Crippen LogP contribution in [0.5, 0.6) is 5.75 Å². The largest absolute Gasteiger partial charge is 0.423 e. The van der Waals surface area contributed by atoms with Crippen molar-refractivity contribution in [2.75, 3.05) is 0 Å². The van der Waals surface area contributed by atoms with Crippen LogP contribution in [0.3, 0.4) is 0 Å². The molecule has 0 bridgehead atoms. The van der Waals surface area contributed by atoms with E-state index in [1.807, 2.05) is 0 Å². The molecule has 0 atom stereocenters. The lowest BCUT2D eigenvalue weighted by Gasteiger charge is -2.03. The van der Waals surface area contributed by atoms with Gasteiger partial charge in [-0.2, -0.15) is 5.90 Å². The second kappa shape index (κ2) is 3.72. The molecule has 0 radical (unpaired) electrons. The number of nitrogens with two attached hydrogens (primary N) is 2. The average molecular weight is 206 g/mol. The zero-order valence-electron chi connectivity index (χ0n) is 7.90. The Kier molecular flexibility index (Phi) is 2.40. The zero-order chi connectivity index (χ0) is 10.8. The summed E-state index contributed by atoms with van der Waals surface area (Å²) in [4.78, 5) is 15.7. The highest BCUT2D eigenvalue weighted by molar-refractivity contribution is 5.81. The van der Waals surface area contributed by atoms with Gasteiger partial charge in [0.2, 0.25) is 0 Å². The molecule has 4 N–H and O–H groups in total. The van der Waals surface area contributed by atoms with Crippen molar-refractivity contribution >= 4 is 11.0 Å². The first-order valence-electron chi connectivity index (χ1n) is 4.38. The molecule has 0 saturated carbocycles. The van der Waals surface area contributed by atoms with E-state index < -0.39 is 5.63 Å². The van der Waals surface area contributed by atoms with Crippen LogP contribution in [0.4, 0.5) is 0 Å². The van der Waals surface area contributed by atoms with E-state index >= 15 is 0 Å². The lowest BCUT2D eigenvalue weighted by molar-refractivity contribution is 0.334. The molecule has 5 heteroatoms. The minimum absolute atomic E-state index is 0.283. The molecule has 78 valence electrons. The summed E-state index contributed by atoms with van der Waals surface area (Å²) in [6.45, 7) is 0.283. The van der Waals surface area contributed by atoms with Crippen molar-refractivity contribution in [3.63, 3.8) is 0 Å². The maximum atomic E-state index is 11.2. The molecule has 1 aromatic carbocycles. The molecule has 0 aliphatic heterocycles. The predicted octanol–water partition coefficient (Wildman–Crippen LogP) is 0.504. The molecule has 1 aromatic heterocycles. The van der Waals surface area contributed by atoms with Crippen molar-refractivity contribution in [2.45, 2.75) is 6.54 Å². The third kappa shape index (κ3) is 1.70. The fourth-order valence-corrected chi connectivity index (χ4v) is 1.45. The van der Waals surface area contributed by atoms with E-state index in [9.17, 15) is 4.79 Å². The smallest absolute Gasteiger partial charge is 0.336 e. The molecule has 0 fully saturated rings. The van der Waals surface area contributed by atoms with E-state index in [2.05, 4.69) is 4.84 Å². The lowest BCUT2D eigenvalue weighted by atomic mass is 10.1. The first-order chi connectivity index (χ1) is 7.24. The second-order valence-electron chi connectivity index (χ2n) is 3.07. The van der Waals surface area contributed by atoms with E-state index in [-0.39, 0.29) is 6.54 Å². The highest BCUT2D eigenvalue weighted by Crippen LogP contribution is 2.21. The SMILES string of the molecule is NCc1cc(=O)oc2cc(ON)ccc12. The lowest BCUT2D eigenvalue weighted by Crippen LogP contribution is -2.06. The van der Waals surface area contributed by atoms with Gasteiger partial charge in [0, 0.05) is 24.1 Å². The second-order valence-corrected chi connectivity index (χ2v) is 3.07. The number of benzene rings is 1. The highest BCUT2D eigenvalue weighted by atomic mass is 16.6. The average Bonchev–Trinajstić information content (AvgIpc) is 2.26. The summed E-state index contributed by atoms with van der Waals surface area (Å²) in [5.74, 6) is 5.44. The number of hydrogen-bond donors (Lipinski definition) is 2. The molecular formula is C10H10N2O3. The van der Waals surface area contributed by atoms with Gasteiger partial charge >= 0.3 is 5.63 Å². The van der Waals surface area contributed by atoms with Gasteiger partial charge < -0.3 is 15.0 Å². The molecule has 2 aromatic rings. The molecule has 1 heterocycles. The third-order valence-corrected chi connectivity index (χ3v) is 2.16. The van der Waals surface area contributed by atoms with Gasteiger partial charge in [-0.1, -0.05) is 0 Å². The standard InChI is InChI=1S/C10H10N2O3/c11-5-6-3-10(13)14-9-4-7(15-12)1-2-8(6)9/h1-4H,5,11-12H2. The van der Waals surface area contributed by atoms with E-state index in [1.54, 1.807) is 18.2 Å². The summed E-state index contributed by atoms with van der Waals surface area (Å²) in [6.07, 6.45) is 0. The maximum Gasteiger partial charge on any atom is 0.336 e. The number of hydrogen-bond acceptors (Lipinski definition) is 5. The van der Waals surface area contributed by atoms with Crippen molar-refractivity contribution in [3.8, 4) is 5.75 Å². The molecule has 0 saturated heterocycles. The van der Waals surface area contributed by atoms with Crippen LogP contribution in [0.1, 0.15) is 5.56 Å². The Hall–Kier alpha value is -1.85. The summed E-state index contributed by atoms with van der Waals surface area (Å²) in [5.41, 5.74) is 6.25. The van der Waals surface area contributed by atoms with Crippen LogP contribution >= 0.6 is 0 Å². The minimum Gasteiger partial charge on any atom is -0.423 e. The summed E-state index contributed by atoms with van der Waals surface area (Å²) < 4.78 is 5.00. The fourth-order valence-electron chi connectivity index (χ4n) is 1.45. The first-order valence-corrected chi connectivity index (χ1v) is 4.38. The van der Waals surface area contributed by atoms with Crippen LogP contribution in [-0.4, -0.2) is 0 Å². The number of fused-ring (bicyclic) bond motifs is 1. The minimum atomic E-state index is -0.433. The topological polar surface area (TPSA) is 91.5 Å². The summed E-state index contributed by atoms with van der Waals surface area (Å²) in [7, 11) is 0. The fraction of sp³-hybridized carbons (Fsp3) is 0.100. The van der Waals surface area contributed by atoms with Crippen LogP contribution < -0.4 is 22.1 Å². The molecular weight excluding hydrogens is 196 g/mol. The molecule has 0 spiro atoms. The van der Waals surface area contributed by atoms with Gasteiger partial charge in [-0.15, -0.1) is 0 Å². The van der Waals surface area contributed by atoms with Crippen molar-refractivity contribution in [3.05, 3.63) is 40.2 Å². The van der Waals surface area contributed by atoms with Gasteiger partial charge in [0.25, 0.3) is 0 Å². The van der Waals surface area contributed by atoms with Crippen molar-refractivity contribution in [2.24, 2.45) is 11.6 Å². The Morgan fingerprint density at radius 2 is 2.13 bits per heavy atom. The van der Waals surface area contributed by atoms with Gasteiger partial charge in [-0.05, 0) is 17.7 Å². The zero-order valence-corrected chi connectivity index (χ0v) is 7.90. The van der Waals surface area contributed by atoms with Gasteiger partial charge in [0.15, 0.2) is 5.75 Å². The summed E-state index contributed by atoms with van der Waals surface area (Å²) in [5, 5.41) is 0.790. The van der Waals surface area contributed by atoms with Gasteiger partial charge in [0.1, 0.15) is 5.58 Å². The quantitative estimate of drug-likeness (QED) is 0.551. The van der Waals surface area contributed by atoms with Gasteiger partial charge in [0.05, 0.1) is 0 Å². The van der Waals surface area contributed by atoms with E-state index in [0.717, 1.165) is 10.9 Å².